The summed E-state index contributed by atoms with van der Waals surface area (Å²) in [4.78, 5) is 20.7. The van der Waals surface area contributed by atoms with E-state index in [4.69, 9.17) is 9.52 Å². The molecule has 0 fully saturated rings. The molecule has 0 aliphatic heterocycles. The van der Waals surface area contributed by atoms with Crippen LogP contribution in [0.5, 0.6) is 0 Å². The van der Waals surface area contributed by atoms with E-state index >= 15 is 0 Å². The Morgan fingerprint density at radius 3 is 2.86 bits per heavy atom. The van der Waals surface area contributed by atoms with Gasteiger partial charge < -0.3 is 14.8 Å². The Kier molecular flexibility index (Phi) is 3.28. The van der Waals surface area contributed by atoms with E-state index in [-0.39, 0.29) is 6.42 Å². The summed E-state index contributed by atoms with van der Waals surface area (Å²) in [5, 5.41) is 11.0. The van der Waals surface area contributed by atoms with Gasteiger partial charge in [-0.3, -0.25) is 9.59 Å². The maximum absolute atomic E-state index is 10.5. The molecular formula is C9H11NO4. The zero-order chi connectivity index (χ0) is 10.6. The molecule has 5 nitrogen and oxygen atoms in total. The van der Waals surface area contributed by atoms with E-state index in [2.05, 4.69) is 5.32 Å². The van der Waals surface area contributed by atoms with Crippen molar-refractivity contribution in [2.24, 2.45) is 0 Å². The van der Waals surface area contributed by atoms with Crippen LogP contribution in [0.3, 0.4) is 0 Å². The number of carboxylic acids is 1. The highest BCUT2D eigenvalue weighted by Gasteiger charge is 2.17. The van der Waals surface area contributed by atoms with Gasteiger partial charge in [-0.15, -0.1) is 0 Å². The average molecular weight is 197 g/mol. The van der Waals surface area contributed by atoms with Crippen LogP contribution in [0, 0.1) is 6.92 Å². The first-order valence-electron chi connectivity index (χ1n) is 4.11. The fourth-order valence-corrected chi connectivity index (χ4v) is 1.14. The molecule has 0 bridgehead atoms. The molecule has 1 unspecified atom stereocenters. The number of rotatable bonds is 5. The van der Waals surface area contributed by atoms with Gasteiger partial charge >= 0.3 is 5.97 Å². The van der Waals surface area contributed by atoms with E-state index < -0.39 is 12.0 Å². The van der Waals surface area contributed by atoms with E-state index in [1.165, 1.54) is 0 Å². The van der Waals surface area contributed by atoms with E-state index in [9.17, 15) is 9.59 Å². The minimum Gasteiger partial charge on any atom is -0.481 e. The standard InChI is InChI=1S/C9H11NO4/c1-6-2-3-8(14-6)7(10-5-11)4-9(12)13/h2-3,5,7H,4H2,1H3,(H,10,11)(H,12,13). The van der Waals surface area contributed by atoms with Crippen LogP contribution in [0.4, 0.5) is 0 Å². The zero-order valence-electron chi connectivity index (χ0n) is 7.69. The van der Waals surface area contributed by atoms with Gasteiger partial charge in [-0.05, 0) is 19.1 Å². The van der Waals surface area contributed by atoms with Crippen LogP contribution in [-0.2, 0) is 9.59 Å². The molecule has 1 aromatic heterocycles. The van der Waals surface area contributed by atoms with Crippen LogP contribution in [0.25, 0.3) is 0 Å². The third kappa shape index (κ3) is 2.62. The molecule has 0 spiro atoms. The molecule has 1 atom stereocenters. The third-order valence-corrected chi connectivity index (χ3v) is 1.75. The minimum absolute atomic E-state index is 0.189. The predicted molar refractivity (Wildman–Crippen MR) is 47.6 cm³/mol. The lowest BCUT2D eigenvalue weighted by Gasteiger charge is -2.10. The molecule has 0 aromatic carbocycles. The van der Waals surface area contributed by atoms with Gasteiger partial charge in [0.05, 0.1) is 12.5 Å². The van der Waals surface area contributed by atoms with Gasteiger partial charge in [-0.25, -0.2) is 0 Å². The average Bonchev–Trinajstić information content (AvgIpc) is 2.50. The second-order valence-corrected chi connectivity index (χ2v) is 2.88. The van der Waals surface area contributed by atoms with Gasteiger partial charge in [0, 0.05) is 0 Å². The Morgan fingerprint density at radius 2 is 2.43 bits per heavy atom. The molecule has 1 amide bonds. The van der Waals surface area contributed by atoms with E-state index in [0.717, 1.165) is 0 Å². The number of aliphatic carboxylic acids is 1. The summed E-state index contributed by atoms with van der Waals surface area (Å²) in [6.45, 7) is 1.75. The van der Waals surface area contributed by atoms with Gasteiger partial charge in [0.15, 0.2) is 0 Å². The summed E-state index contributed by atoms with van der Waals surface area (Å²) >= 11 is 0. The summed E-state index contributed by atoms with van der Waals surface area (Å²) < 4.78 is 5.21. The summed E-state index contributed by atoms with van der Waals surface area (Å²) in [6, 6.07) is 2.77. The monoisotopic (exact) mass is 197 g/mol. The number of aryl methyl sites for hydroxylation is 1. The molecule has 0 aliphatic carbocycles. The van der Waals surface area contributed by atoms with Crippen molar-refractivity contribution in [3.05, 3.63) is 23.7 Å². The quantitative estimate of drug-likeness (QED) is 0.686. The normalized spacial score (nSPS) is 12.1. The molecule has 0 saturated heterocycles. The van der Waals surface area contributed by atoms with E-state index in [0.29, 0.717) is 17.9 Å². The topological polar surface area (TPSA) is 79.5 Å². The lowest BCUT2D eigenvalue weighted by molar-refractivity contribution is -0.137. The lowest BCUT2D eigenvalue weighted by atomic mass is 10.1. The van der Waals surface area contributed by atoms with Gasteiger partial charge in [0.25, 0.3) is 0 Å². The summed E-state index contributed by atoms with van der Waals surface area (Å²) in [5.41, 5.74) is 0. The molecule has 76 valence electrons. The van der Waals surface area contributed by atoms with Crippen molar-refractivity contribution >= 4 is 12.4 Å². The first kappa shape index (κ1) is 10.3. The number of nitrogens with one attached hydrogen (secondary N) is 1. The van der Waals surface area contributed by atoms with Crippen molar-refractivity contribution < 1.29 is 19.1 Å². The summed E-state index contributed by atoms with van der Waals surface area (Å²) in [7, 11) is 0. The number of carbonyl (C=O) groups excluding carboxylic acids is 1. The second kappa shape index (κ2) is 4.45. The molecule has 0 saturated carbocycles. The van der Waals surface area contributed by atoms with E-state index in [1.807, 2.05) is 0 Å². The van der Waals surface area contributed by atoms with Crippen LogP contribution in [0.1, 0.15) is 24.0 Å². The highest BCUT2D eigenvalue weighted by Crippen LogP contribution is 2.18. The lowest BCUT2D eigenvalue weighted by Crippen LogP contribution is -2.21. The Labute approximate surface area is 80.7 Å². The Balaban J connectivity index is 2.76. The first-order chi connectivity index (χ1) is 6.63. The Hall–Kier alpha value is -1.78. The number of furan rings is 1. The molecule has 0 aliphatic rings. The van der Waals surface area contributed by atoms with Gasteiger partial charge in [0.1, 0.15) is 11.5 Å². The number of carbonyl (C=O) groups is 2. The van der Waals surface area contributed by atoms with Gasteiger partial charge in [-0.1, -0.05) is 0 Å². The third-order valence-electron chi connectivity index (χ3n) is 1.75. The van der Waals surface area contributed by atoms with Crippen molar-refractivity contribution in [3.63, 3.8) is 0 Å². The maximum Gasteiger partial charge on any atom is 0.305 e. The highest BCUT2D eigenvalue weighted by molar-refractivity contribution is 5.68. The number of hydrogen-bond donors (Lipinski definition) is 2. The highest BCUT2D eigenvalue weighted by atomic mass is 16.4. The fourth-order valence-electron chi connectivity index (χ4n) is 1.14. The second-order valence-electron chi connectivity index (χ2n) is 2.88. The van der Waals surface area contributed by atoms with Crippen molar-refractivity contribution in [2.75, 3.05) is 0 Å². The molecular weight excluding hydrogens is 186 g/mol. The predicted octanol–water partition coefficient (Wildman–Crippen LogP) is 0.850. The smallest absolute Gasteiger partial charge is 0.305 e. The van der Waals surface area contributed by atoms with Crippen LogP contribution < -0.4 is 5.32 Å². The van der Waals surface area contributed by atoms with Crippen LogP contribution >= 0.6 is 0 Å². The Morgan fingerprint density at radius 1 is 1.71 bits per heavy atom. The van der Waals surface area contributed by atoms with Gasteiger partial charge in [0.2, 0.25) is 6.41 Å². The van der Waals surface area contributed by atoms with Crippen molar-refractivity contribution in [1.29, 1.82) is 0 Å². The van der Waals surface area contributed by atoms with Crippen LogP contribution in [0.2, 0.25) is 0 Å². The SMILES string of the molecule is Cc1ccc(C(CC(=O)O)NC=O)o1. The molecule has 1 heterocycles. The molecule has 14 heavy (non-hydrogen) atoms. The molecule has 1 rings (SSSR count). The van der Waals surface area contributed by atoms with Crippen molar-refractivity contribution in [3.8, 4) is 0 Å². The Bertz CT molecular complexity index is 331. The first-order valence-corrected chi connectivity index (χ1v) is 4.11. The number of amides is 1. The van der Waals surface area contributed by atoms with Crippen LogP contribution in [-0.4, -0.2) is 17.5 Å². The largest absolute Gasteiger partial charge is 0.481 e. The minimum atomic E-state index is -0.988. The molecule has 1 aromatic rings. The fraction of sp³-hybridized carbons (Fsp3) is 0.333. The van der Waals surface area contributed by atoms with Crippen molar-refractivity contribution in [2.45, 2.75) is 19.4 Å². The molecule has 2 N–H and O–H groups in total. The van der Waals surface area contributed by atoms with Crippen LogP contribution in [0.15, 0.2) is 16.5 Å². The number of carboxylic acid groups (broad SMARTS) is 1. The maximum atomic E-state index is 10.5. The summed E-state index contributed by atoms with van der Waals surface area (Å²) in [5.74, 6) is 0.151. The molecule has 0 radical (unpaired) electrons. The number of hydrogen-bond acceptors (Lipinski definition) is 3. The molecule has 5 heteroatoms. The zero-order valence-corrected chi connectivity index (χ0v) is 7.69. The van der Waals surface area contributed by atoms with E-state index in [1.54, 1.807) is 19.1 Å². The van der Waals surface area contributed by atoms with Crippen molar-refractivity contribution in [1.82, 2.24) is 5.32 Å². The van der Waals surface area contributed by atoms with Gasteiger partial charge in [-0.2, -0.15) is 0 Å². The summed E-state index contributed by atoms with van der Waals surface area (Å²) in [6.07, 6.45) is 0.275.